The summed E-state index contributed by atoms with van der Waals surface area (Å²) in [6, 6.07) is 4.87. The van der Waals surface area contributed by atoms with E-state index in [2.05, 4.69) is 15.3 Å². The topological polar surface area (TPSA) is 117 Å². The van der Waals surface area contributed by atoms with Gasteiger partial charge in [0.15, 0.2) is 5.82 Å². The number of aromatic nitrogens is 2. The van der Waals surface area contributed by atoms with Gasteiger partial charge in [-0.25, -0.2) is 14.8 Å². The number of amides is 2. The Labute approximate surface area is 193 Å². The van der Waals surface area contributed by atoms with Gasteiger partial charge < -0.3 is 29.7 Å². The number of pyridine rings is 2. The maximum Gasteiger partial charge on any atom is 0.407 e. The highest BCUT2D eigenvalue weighted by Gasteiger charge is 2.39. The number of carboxylic acid groups (broad SMARTS) is 1. The van der Waals surface area contributed by atoms with Gasteiger partial charge in [0.1, 0.15) is 5.56 Å². The quantitative estimate of drug-likeness (QED) is 0.680. The molecule has 10 heteroatoms. The highest BCUT2D eigenvalue weighted by Crippen LogP contribution is 2.33. The highest BCUT2D eigenvalue weighted by molar-refractivity contribution is 6.07. The smallest absolute Gasteiger partial charge is 0.407 e. The molecule has 2 amide bonds. The minimum atomic E-state index is -0.935. The van der Waals surface area contributed by atoms with Crippen LogP contribution in [0.1, 0.15) is 36.7 Å². The molecule has 0 saturated carbocycles. The Hall–Kier alpha value is -3.40. The van der Waals surface area contributed by atoms with E-state index >= 15 is 0 Å². The van der Waals surface area contributed by atoms with Crippen LogP contribution < -0.4 is 15.0 Å². The summed E-state index contributed by atoms with van der Waals surface area (Å²) in [5.74, 6) is 0.417. The van der Waals surface area contributed by atoms with Crippen molar-refractivity contribution in [3.63, 3.8) is 0 Å². The van der Waals surface area contributed by atoms with E-state index in [9.17, 15) is 14.7 Å². The lowest BCUT2D eigenvalue weighted by Gasteiger charge is -2.46. The normalized spacial score (nSPS) is 16.5. The fourth-order valence-electron chi connectivity index (χ4n) is 3.95. The number of carbonyl (C=O) groups excluding carboxylic acids is 1. The Balaban J connectivity index is 1.95. The monoisotopic (exact) mass is 457 g/mol. The van der Waals surface area contributed by atoms with Crippen LogP contribution in [0.5, 0.6) is 5.88 Å². The van der Waals surface area contributed by atoms with Crippen molar-refractivity contribution in [2.45, 2.75) is 33.4 Å². The van der Waals surface area contributed by atoms with Crippen LogP contribution in [-0.4, -0.2) is 71.9 Å². The molecule has 1 atom stereocenters. The molecule has 178 valence electrons. The fraction of sp³-hybridized carbons (Fsp3) is 0.478. The second-order valence-corrected chi connectivity index (χ2v) is 8.97. The molecule has 2 aromatic heterocycles. The van der Waals surface area contributed by atoms with Gasteiger partial charge in [-0.2, -0.15) is 0 Å². The third-order valence-corrected chi connectivity index (χ3v) is 5.62. The molecule has 2 N–H and O–H groups in total. The van der Waals surface area contributed by atoms with E-state index in [1.54, 1.807) is 31.6 Å². The number of methoxy groups -OCH3 is 2. The molecule has 1 aliphatic heterocycles. The Morgan fingerprint density at radius 3 is 2.64 bits per heavy atom. The largest absolute Gasteiger partial charge is 0.480 e. The molecule has 3 rings (SSSR count). The highest BCUT2D eigenvalue weighted by atomic mass is 16.5. The van der Waals surface area contributed by atoms with Crippen molar-refractivity contribution in [2.75, 3.05) is 44.1 Å². The van der Waals surface area contributed by atoms with Crippen molar-refractivity contribution in [2.24, 2.45) is 5.41 Å². The van der Waals surface area contributed by atoms with E-state index < -0.39 is 6.09 Å². The molecule has 33 heavy (non-hydrogen) atoms. The van der Waals surface area contributed by atoms with Gasteiger partial charge in [0.25, 0.3) is 5.91 Å². The van der Waals surface area contributed by atoms with Gasteiger partial charge in [-0.3, -0.25) is 4.79 Å². The molecule has 1 fully saturated rings. The van der Waals surface area contributed by atoms with Gasteiger partial charge in [0, 0.05) is 39.1 Å². The van der Waals surface area contributed by atoms with Crippen LogP contribution in [0, 0.1) is 5.41 Å². The van der Waals surface area contributed by atoms with Crippen LogP contribution in [0.2, 0.25) is 0 Å². The second kappa shape index (κ2) is 10.0. The number of piperazine rings is 1. The molecule has 0 aromatic carbocycles. The zero-order chi connectivity index (χ0) is 24.2. The third kappa shape index (κ3) is 5.51. The van der Waals surface area contributed by atoms with E-state index in [4.69, 9.17) is 9.47 Å². The number of hydrogen-bond donors (Lipinski definition) is 2. The molecule has 10 nitrogen and oxygen atoms in total. The minimum Gasteiger partial charge on any atom is -0.480 e. The summed E-state index contributed by atoms with van der Waals surface area (Å²) in [7, 11) is 3.05. The first-order valence-electron chi connectivity index (χ1n) is 10.7. The lowest BCUT2D eigenvalue weighted by atomic mass is 9.84. The molecule has 3 heterocycles. The predicted molar refractivity (Wildman–Crippen MR) is 124 cm³/mol. The number of nitrogens with one attached hydrogen (secondary N) is 1. The molecule has 0 bridgehead atoms. The van der Waals surface area contributed by atoms with Gasteiger partial charge >= 0.3 is 6.09 Å². The zero-order valence-electron chi connectivity index (χ0n) is 19.7. The Morgan fingerprint density at radius 1 is 1.24 bits per heavy atom. The van der Waals surface area contributed by atoms with Crippen LogP contribution in [-0.2, 0) is 11.3 Å². The Morgan fingerprint density at radius 2 is 2.00 bits per heavy atom. The molecule has 1 saturated heterocycles. The maximum atomic E-state index is 13.1. The summed E-state index contributed by atoms with van der Waals surface area (Å²) < 4.78 is 10.4. The lowest BCUT2D eigenvalue weighted by Crippen LogP contribution is -2.59. The second-order valence-electron chi connectivity index (χ2n) is 8.97. The minimum absolute atomic E-state index is 0.223. The molecule has 1 unspecified atom stereocenters. The molecule has 0 radical (unpaired) electrons. The standard InChI is InChI=1S/C23H31N5O5/c1-23(2,3)18-13-27(9-10-28(18)22(30)31)19-17(11-15(12-25-19)14-32-4)26-20(29)16-7-6-8-24-21(16)33-5/h6-8,11-12,18H,9-10,13-14H2,1-5H3,(H,26,29)(H,30,31). The van der Waals surface area contributed by atoms with Crippen molar-refractivity contribution >= 4 is 23.5 Å². The molecular weight excluding hydrogens is 426 g/mol. The predicted octanol–water partition coefficient (Wildman–Crippen LogP) is 3.10. The average Bonchev–Trinajstić information content (AvgIpc) is 2.78. The number of hydrogen-bond acceptors (Lipinski definition) is 7. The van der Waals surface area contributed by atoms with Crippen LogP contribution in [0.25, 0.3) is 0 Å². The number of rotatable bonds is 6. The third-order valence-electron chi connectivity index (χ3n) is 5.62. The van der Waals surface area contributed by atoms with Crippen LogP contribution in [0.4, 0.5) is 16.3 Å². The van der Waals surface area contributed by atoms with Gasteiger partial charge in [0.05, 0.1) is 25.4 Å². The first-order chi connectivity index (χ1) is 15.7. The molecule has 0 spiro atoms. The number of ether oxygens (including phenoxy) is 2. The summed E-state index contributed by atoms with van der Waals surface area (Å²) in [5, 5.41) is 12.6. The average molecular weight is 458 g/mol. The summed E-state index contributed by atoms with van der Waals surface area (Å²) in [6.45, 7) is 7.63. The van der Waals surface area contributed by atoms with Crippen molar-refractivity contribution < 1.29 is 24.2 Å². The summed E-state index contributed by atoms with van der Waals surface area (Å²) >= 11 is 0. The lowest BCUT2D eigenvalue weighted by molar-refractivity contribution is 0.0747. The number of nitrogens with zero attached hydrogens (tertiary/aromatic N) is 4. The maximum absolute atomic E-state index is 13.1. The molecule has 2 aromatic rings. The fourth-order valence-corrected chi connectivity index (χ4v) is 3.95. The van der Waals surface area contributed by atoms with Gasteiger partial charge in [-0.05, 0) is 29.2 Å². The summed E-state index contributed by atoms with van der Waals surface area (Å²) in [6.07, 6.45) is 2.32. The van der Waals surface area contributed by atoms with E-state index in [0.717, 1.165) is 5.56 Å². The number of anilines is 2. The first-order valence-corrected chi connectivity index (χ1v) is 10.7. The molecular formula is C23H31N5O5. The van der Waals surface area contributed by atoms with Crippen LogP contribution >= 0.6 is 0 Å². The Kier molecular flexibility index (Phi) is 7.37. The van der Waals surface area contributed by atoms with Crippen molar-refractivity contribution in [3.8, 4) is 5.88 Å². The zero-order valence-corrected chi connectivity index (χ0v) is 19.7. The van der Waals surface area contributed by atoms with Gasteiger partial charge in [0.2, 0.25) is 5.88 Å². The van der Waals surface area contributed by atoms with Crippen LogP contribution in [0.15, 0.2) is 30.6 Å². The van der Waals surface area contributed by atoms with Crippen molar-refractivity contribution in [1.82, 2.24) is 14.9 Å². The molecule has 0 aliphatic carbocycles. The van der Waals surface area contributed by atoms with E-state index in [-0.39, 0.29) is 23.2 Å². The molecule has 1 aliphatic rings. The summed E-state index contributed by atoms with van der Waals surface area (Å²) in [5.41, 5.74) is 1.33. The van der Waals surface area contributed by atoms with Gasteiger partial charge in [-0.15, -0.1) is 0 Å². The van der Waals surface area contributed by atoms with Crippen molar-refractivity contribution in [1.29, 1.82) is 0 Å². The number of carbonyl (C=O) groups is 2. The van der Waals surface area contributed by atoms with E-state index in [1.807, 2.05) is 31.7 Å². The van der Waals surface area contributed by atoms with Crippen molar-refractivity contribution in [3.05, 3.63) is 41.7 Å². The Bertz CT molecular complexity index is 1010. The van der Waals surface area contributed by atoms with E-state index in [1.165, 1.54) is 12.0 Å². The summed E-state index contributed by atoms with van der Waals surface area (Å²) in [4.78, 5) is 37.1. The SMILES string of the molecule is COCc1cnc(N2CCN(C(=O)O)C(C(C)(C)C)C2)c(NC(=O)c2cccnc2OC)c1. The van der Waals surface area contributed by atoms with Crippen LogP contribution in [0.3, 0.4) is 0 Å². The first kappa shape index (κ1) is 24.2. The van der Waals surface area contributed by atoms with Gasteiger partial charge in [-0.1, -0.05) is 20.8 Å². The van der Waals surface area contributed by atoms with E-state index in [0.29, 0.717) is 43.3 Å².